The molecule has 2 N–H and O–H groups in total. The third-order valence-corrected chi connectivity index (χ3v) is 12.0. The normalized spacial score (nSPS) is 49.7. The van der Waals surface area contributed by atoms with Crippen molar-refractivity contribution in [2.24, 2.45) is 11.3 Å². The van der Waals surface area contributed by atoms with E-state index in [1.807, 2.05) is 6.08 Å². The third-order valence-electron chi connectivity index (χ3n) is 12.0. The molecule has 6 heteroatoms. The summed E-state index contributed by atoms with van der Waals surface area (Å²) in [4.78, 5) is 3.84. The van der Waals surface area contributed by atoms with Crippen LogP contribution in [0.4, 0.5) is 0 Å². The van der Waals surface area contributed by atoms with E-state index < -0.39 is 23.1 Å². The number of epoxide rings is 1. The zero-order chi connectivity index (χ0) is 26.5. The Hall–Kier alpha value is -1.70. The number of allylic oxidation sites excluding steroid dienone is 1. The van der Waals surface area contributed by atoms with Gasteiger partial charge in [0.25, 0.3) is 0 Å². The molecule has 4 heterocycles. The van der Waals surface area contributed by atoms with Crippen molar-refractivity contribution < 1.29 is 24.1 Å². The predicted octanol–water partition coefficient (Wildman–Crippen LogP) is 5.31. The van der Waals surface area contributed by atoms with E-state index in [2.05, 4.69) is 70.8 Å². The second-order valence-corrected chi connectivity index (χ2v) is 14.2. The molecule has 3 aliphatic carbocycles. The molecular weight excluding hydrogens is 478 g/mol. The van der Waals surface area contributed by atoms with Gasteiger partial charge in [0.1, 0.15) is 23.9 Å². The molecule has 38 heavy (non-hydrogen) atoms. The molecule has 0 bridgehead atoms. The van der Waals surface area contributed by atoms with Crippen LogP contribution in [0.15, 0.2) is 35.9 Å². The van der Waals surface area contributed by atoms with Gasteiger partial charge in [0.2, 0.25) is 0 Å². The van der Waals surface area contributed by atoms with E-state index in [0.717, 1.165) is 37.7 Å². The summed E-state index contributed by atoms with van der Waals surface area (Å²) in [5.41, 5.74) is 2.31. The molecule has 2 unspecified atom stereocenters. The first-order valence-corrected chi connectivity index (χ1v) is 14.6. The minimum absolute atomic E-state index is 0.165. The zero-order valence-electron chi connectivity index (χ0n) is 23.5. The van der Waals surface area contributed by atoms with E-state index in [1.165, 1.54) is 22.2 Å². The molecule has 2 saturated carbocycles. The molecule has 5 fully saturated rings. The molecular formula is C32H41NO5. The van der Waals surface area contributed by atoms with Crippen LogP contribution in [0.25, 0.3) is 10.9 Å². The van der Waals surface area contributed by atoms with Gasteiger partial charge < -0.3 is 29.0 Å². The van der Waals surface area contributed by atoms with Crippen LogP contribution in [-0.2, 0) is 30.8 Å². The van der Waals surface area contributed by atoms with Gasteiger partial charge in [-0.15, -0.1) is 0 Å². The lowest BCUT2D eigenvalue weighted by Crippen LogP contribution is -2.77. The SMILES string of the molecule is CC(C)=C[C@H]1O[C@@H]2[C@H](OC3CC[C@@]4(C)[C@@](O)(CCC5Cc6c([nH]c7ccccc67)[C@@]54C)[C@]34O[C@@H]24)C(C)(C)O1. The number of hydrogen-bond donors (Lipinski definition) is 2. The topological polar surface area (TPSA) is 76.2 Å². The molecule has 1 spiro atoms. The van der Waals surface area contributed by atoms with Crippen molar-refractivity contribution in [3.63, 3.8) is 0 Å². The second kappa shape index (κ2) is 7.13. The number of fused-ring (bicyclic) bond motifs is 9. The smallest absolute Gasteiger partial charge is 0.178 e. The first kappa shape index (κ1) is 24.1. The summed E-state index contributed by atoms with van der Waals surface area (Å²) in [6.07, 6.45) is 5.25. The number of ether oxygens (including phenoxy) is 4. The highest BCUT2D eigenvalue weighted by atomic mass is 16.8. The number of rotatable bonds is 1. The maximum absolute atomic E-state index is 13.1. The van der Waals surface area contributed by atoms with Crippen molar-refractivity contribution in [1.82, 2.24) is 4.98 Å². The van der Waals surface area contributed by atoms with Gasteiger partial charge in [0.15, 0.2) is 11.9 Å². The molecule has 3 aliphatic heterocycles. The van der Waals surface area contributed by atoms with Gasteiger partial charge in [0.05, 0.1) is 11.7 Å². The number of hydrogen-bond acceptors (Lipinski definition) is 5. The maximum Gasteiger partial charge on any atom is 0.178 e. The van der Waals surface area contributed by atoms with E-state index in [-0.39, 0.29) is 35.2 Å². The Labute approximate surface area is 225 Å². The molecule has 6 nitrogen and oxygen atoms in total. The fourth-order valence-electron chi connectivity index (χ4n) is 9.97. The number of aromatic amines is 1. The van der Waals surface area contributed by atoms with Gasteiger partial charge in [-0.3, -0.25) is 0 Å². The van der Waals surface area contributed by atoms with E-state index in [9.17, 15) is 5.11 Å². The fourth-order valence-corrected chi connectivity index (χ4v) is 9.97. The summed E-state index contributed by atoms with van der Waals surface area (Å²) in [5, 5.41) is 14.4. The average molecular weight is 520 g/mol. The second-order valence-electron chi connectivity index (χ2n) is 14.2. The maximum atomic E-state index is 13.1. The van der Waals surface area contributed by atoms with Crippen molar-refractivity contribution in [3.05, 3.63) is 47.2 Å². The first-order valence-electron chi connectivity index (χ1n) is 14.6. The van der Waals surface area contributed by atoms with Crippen molar-refractivity contribution in [1.29, 1.82) is 0 Å². The molecule has 10 atom stereocenters. The van der Waals surface area contributed by atoms with Crippen molar-refractivity contribution in [2.75, 3.05) is 0 Å². The predicted molar refractivity (Wildman–Crippen MR) is 144 cm³/mol. The van der Waals surface area contributed by atoms with Crippen LogP contribution in [0.1, 0.15) is 78.5 Å². The minimum atomic E-state index is -1.01. The number of nitrogens with one attached hydrogen (secondary N) is 1. The van der Waals surface area contributed by atoms with Crippen LogP contribution in [0.2, 0.25) is 0 Å². The summed E-state index contributed by atoms with van der Waals surface area (Å²) < 4.78 is 26.5. The lowest BCUT2D eigenvalue weighted by molar-refractivity contribution is -0.343. The molecule has 3 saturated heterocycles. The number of aliphatic hydroxyl groups is 1. The summed E-state index contributed by atoms with van der Waals surface area (Å²) in [6, 6.07) is 8.67. The van der Waals surface area contributed by atoms with Crippen LogP contribution in [0, 0.1) is 11.3 Å². The average Bonchev–Trinajstić information content (AvgIpc) is 3.43. The van der Waals surface area contributed by atoms with Crippen LogP contribution in [-0.4, -0.2) is 57.6 Å². The standard InChI is InChI=1S/C32H41NO5/c1-17(2)15-23-36-24-26(28(3,4)37-23)35-22-12-13-29(5)30(6)18(11-14-31(29,34)32(22)27(24)38-32)16-20-19-9-7-8-10-21(19)33-25(20)30/h7-10,15,18,22-24,26-27,33-34H,11-14,16H2,1-6H3/t18?,22?,23-,24+,26-,27-,29+,30+,31-,32-/m0/s1. The fraction of sp³-hybridized carbons (Fsp3) is 0.688. The van der Waals surface area contributed by atoms with Crippen molar-refractivity contribution >= 4 is 10.9 Å². The Bertz CT molecular complexity index is 1380. The monoisotopic (exact) mass is 519 g/mol. The lowest BCUT2D eigenvalue weighted by atomic mass is 9.40. The molecule has 0 radical (unpaired) electrons. The Morgan fingerprint density at radius 2 is 1.79 bits per heavy atom. The molecule has 1 aromatic carbocycles. The molecule has 204 valence electrons. The van der Waals surface area contributed by atoms with Gasteiger partial charge in [-0.1, -0.05) is 37.6 Å². The third kappa shape index (κ3) is 2.54. The molecule has 8 rings (SSSR count). The number of aromatic nitrogens is 1. The van der Waals surface area contributed by atoms with E-state index in [0.29, 0.717) is 5.92 Å². The van der Waals surface area contributed by atoms with Gasteiger partial charge >= 0.3 is 0 Å². The quantitative estimate of drug-likeness (QED) is 0.394. The van der Waals surface area contributed by atoms with Gasteiger partial charge in [0, 0.05) is 27.4 Å². The van der Waals surface area contributed by atoms with Gasteiger partial charge in [-0.2, -0.15) is 0 Å². The van der Waals surface area contributed by atoms with Gasteiger partial charge in [-0.05, 0) is 83.4 Å². The minimum Gasteiger partial charge on any atom is -0.386 e. The number of para-hydroxylation sites is 1. The Morgan fingerprint density at radius 3 is 2.58 bits per heavy atom. The van der Waals surface area contributed by atoms with Crippen molar-refractivity contribution in [3.8, 4) is 0 Å². The Kier molecular flexibility index (Phi) is 4.53. The Balaban J connectivity index is 1.22. The Morgan fingerprint density at radius 1 is 1.00 bits per heavy atom. The summed E-state index contributed by atoms with van der Waals surface area (Å²) in [5.74, 6) is 0.501. The number of H-pyrrole nitrogens is 1. The summed E-state index contributed by atoms with van der Waals surface area (Å²) >= 11 is 0. The van der Waals surface area contributed by atoms with E-state index >= 15 is 0 Å². The van der Waals surface area contributed by atoms with Crippen LogP contribution >= 0.6 is 0 Å². The molecule has 1 aromatic heterocycles. The zero-order valence-corrected chi connectivity index (χ0v) is 23.5. The van der Waals surface area contributed by atoms with Crippen LogP contribution in [0.3, 0.4) is 0 Å². The van der Waals surface area contributed by atoms with E-state index in [1.54, 1.807) is 0 Å². The highest BCUT2D eigenvalue weighted by molar-refractivity contribution is 5.86. The molecule has 6 aliphatic rings. The van der Waals surface area contributed by atoms with Crippen LogP contribution in [0.5, 0.6) is 0 Å². The number of benzene rings is 1. The highest BCUT2D eigenvalue weighted by Gasteiger charge is 2.87. The van der Waals surface area contributed by atoms with Crippen LogP contribution < -0.4 is 0 Å². The summed E-state index contributed by atoms with van der Waals surface area (Å²) in [6.45, 7) is 13.1. The van der Waals surface area contributed by atoms with E-state index in [4.69, 9.17) is 18.9 Å². The lowest BCUT2D eigenvalue weighted by Gasteiger charge is -2.66. The molecule has 2 aromatic rings. The summed E-state index contributed by atoms with van der Waals surface area (Å²) in [7, 11) is 0. The highest BCUT2D eigenvalue weighted by Crippen LogP contribution is 2.75. The largest absolute Gasteiger partial charge is 0.386 e. The van der Waals surface area contributed by atoms with Crippen molar-refractivity contribution in [2.45, 2.75) is 127 Å². The van der Waals surface area contributed by atoms with Gasteiger partial charge in [-0.25, -0.2) is 0 Å². The first-order chi connectivity index (χ1) is 18.0. The molecule has 0 amide bonds.